The first-order chi connectivity index (χ1) is 7.43. The van der Waals surface area contributed by atoms with E-state index in [1.54, 1.807) is 6.26 Å². The predicted octanol–water partition coefficient (Wildman–Crippen LogP) is 2.61. The Morgan fingerprint density at radius 2 is 1.53 bits per heavy atom. The molecular formula is C13H11Cl2NO. The lowest BCUT2D eigenvalue weighted by Crippen LogP contribution is -2.23. The van der Waals surface area contributed by atoms with Crippen molar-refractivity contribution in [3.8, 4) is 5.75 Å². The molecule has 2 aromatic rings. The first kappa shape index (κ1) is 13.6. The summed E-state index contributed by atoms with van der Waals surface area (Å²) >= 11 is 0. The van der Waals surface area contributed by atoms with Crippen molar-refractivity contribution in [1.82, 2.24) is 0 Å². The number of fused-ring (bicyclic) bond motifs is 2. The van der Waals surface area contributed by atoms with Gasteiger partial charge in [-0.05, 0) is 24.3 Å². The smallest absolute Gasteiger partial charge is 0.152 e. The molecule has 0 aliphatic carbocycles. The van der Waals surface area contributed by atoms with Gasteiger partial charge < -0.3 is 4.74 Å². The van der Waals surface area contributed by atoms with Crippen LogP contribution in [0.2, 0.25) is 0 Å². The minimum Gasteiger partial charge on any atom is -0.462 e. The predicted molar refractivity (Wildman–Crippen MR) is 72.9 cm³/mol. The van der Waals surface area contributed by atoms with Crippen LogP contribution < -0.4 is 15.3 Å². The summed E-state index contributed by atoms with van der Waals surface area (Å²) in [7, 11) is 0. The van der Waals surface area contributed by atoms with Crippen molar-refractivity contribution in [2.75, 3.05) is 0 Å². The number of para-hydroxylation sites is 3. The van der Waals surface area contributed by atoms with Crippen LogP contribution in [0.3, 0.4) is 0 Å². The highest BCUT2D eigenvalue weighted by Gasteiger charge is 2.02. The van der Waals surface area contributed by atoms with Crippen molar-refractivity contribution in [3.63, 3.8) is 0 Å². The molecular weight excluding hydrogens is 257 g/mol. The summed E-state index contributed by atoms with van der Waals surface area (Å²) < 4.78 is 5.56. The van der Waals surface area contributed by atoms with Gasteiger partial charge in [-0.1, -0.05) is 24.3 Å². The molecule has 2 nitrogen and oxygen atoms in total. The van der Waals surface area contributed by atoms with Gasteiger partial charge in [0, 0.05) is 5.22 Å². The van der Waals surface area contributed by atoms with E-state index in [9.17, 15) is 0 Å². The number of rotatable bonds is 0. The molecule has 0 N–H and O–H groups in total. The average molecular weight is 268 g/mol. The Morgan fingerprint density at radius 3 is 2.41 bits per heavy atom. The molecule has 0 bridgehead atoms. The fraction of sp³-hybridized carbons (Fsp3) is 0. The molecule has 0 atom stereocenters. The van der Waals surface area contributed by atoms with Crippen LogP contribution in [-0.4, -0.2) is 0 Å². The second kappa shape index (κ2) is 5.71. The van der Waals surface area contributed by atoms with Gasteiger partial charge in [0.25, 0.3) is 0 Å². The number of halogens is 2. The van der Waals surface area contributed by atoms with Crippen molar-refractivity contribution in [3.05, 3.63) is 59.1 Å². The third-order valence-electron chi connectivity index (χ3n) is 2.36. The third-order valence-corrected chi connectivity index (χ3v) is 2.36. The molecule has 0 spiro atoms. The van der Waals surface area contributed by atoms with Crippen LogP contribution in [0.25, 0.3) is 6.26 Å². The fourth-order valence-corrected chi connectivity index (χ4v) is 1.59. The van der Waals surface area contributed by atoms with Crippen LogP contribution in [0, 0.1) is 0 Å². The van der Waals surface area contributed by atoms with Crippen molar-refractivity contribution >= 4 is 36.8 Å². The molecule has 88 valence electrons. The quantitative estimate of drug-likeness (QED) is 0.719. The van der Waals surface area contributed by atoms with Gasteiger partial charge >= 0.3 is 0 Å². The highest BCUT2D eigenvalue weighted by Crippen LogP contribution is 2.26. The molecule has 0 saturated heterocycles. The Balaban J connectivity index is 0.000000722. The molecule has 0 aromatic heterocycles. The maximum Gasteiger partial charge on any atom is 0.152 e. The summed E-state index contributed by atoms with van der Waals surface area (Å²) in [5, 5.41) is 1.95. The normalized spacial score (nSPS) is 10.8. The first-order valence-corrected chi connectivity index (χ1v) is 4.83. The van der Waals surface area contributed by atoms with E-state index in [1.165, 1.54) is 0 Å². The minimum atomic E-state index is 0. The van der Waals surface area contributed by atoms with Crippen LogP contribution in [0.4, 0.5) is 5.69 Å². The maximum atomic E-state index is 5.56. The van der Waals surface area contributed by atoms with Crippen LogP contribution in [0.1, 0.15) is 0 Å². The van der Waals surface area contributed by atoms with Gasteiger partial charge in [-0.15, -0.1) is 24.8 Å². The van der Waals surface area contributed by atoms with Crippen molar-refractivity contribution in [2.45, 2.75) is 0 Å². The summed E-state index contributed by atoms with van der Waals surface area (Å²) in [5.74, 6) is 0.800. The van der Waals surface area contributed by atoms with E-state index in [4.69, 9.17) is 4.74 Å². The van der Waals surface area contributed by atoms with E-state index >= 15 is 0 Å². The lowest BCUT2D eigenvalue weighted by molar-refractivity contribution is 0.543. The fourth-order valence-electron chi connectivity index (χ4n) is 1.59. The second-order valence-corrected chi connectivity index (χ2v) is 3.37. The molecule has 0 fully saturated rings. The maximum absolute atomic E-state index is 5.56. The Hall–Kier alpha value is -1.51. The molecule has 2 aromatic carbocycles. The first-order valence-electron chi connectivity index (χ1n) is 4.83. The number of nitrogens with zero attached hydrogens (tertiary/aromatic N) is 1. The number of hydrogen-bond donors (Lipinski definition) is 0. The minimum absolute atomic E-state index is 0. The van der Waals surface area contributed by atoms with E-state index in [1.807, 2.05) is 48.5 Å². The van der Waals surface area contributed by atoms with Crippen molar-refractivity contribution < 1.29 is 4.74 Å². The highest BCUT2D eigenvalue weighted by molar-refractivity contribution is 5.85. The van der Waals surface area contributed by atoms with Gasteiger partial charge in [0.15, 0.2) is 5.75 Å². The van der Waals surface area contributed by atoms with Crippen LogP contribution in [-0.2, 0) is 0 Å². The van der Waals surface area contributed by atoms with Crippen LogP contribution in [0.5, 0.6) is 5.75 Å². The highest BCUT2D eigenvalue weighted by atomic mass is 35.5. The summed E-state index contributed by atoms with van der Waals surface area (Å²) in [5.41, 5.74) is 0.874. The Kier molecular flexibility index (Phi) is 4.55. The molecule has 1 aliphatic rings. The monoisotopic (exact) mass is 267 g/mol. The lowest BCUT2D eigenvalue weighted by atomic mass is 10.3. The molecule has 1 aliphatic heterocycles. The third kappa shape index (κ3) is 2.60. The van der Waals surface area contributed by atoms with Crippen molar-refractivity contribution in [1.29, 1.82) is 0 Å². The Morgan fingerprint density at radius 1 is 0.824 bits per heavy atom. The average Bonchev–Trinajstić information content (AvgIpc) is 2.48. The molecule has 1 heterocycles. The number of ether oxygens (including phenoxy) is 1. The zero-order valence-electron chi connectivity index (χ0n) is 8.87. The zero-order chi connectivity index (χ0) is 10.1. The topological polar surface area (TPSA) is 21.6 Å². The van der Waals surface area contributed by atoms with Gasteiger partial charge in [0.1, 0.15) is 11.9 Å². The summed E-state index contributed by atoms with van der Waals surface area (Å²) in [6.07, 6.45) is 1.74. The Bertz CT molecular complexity index is 625. The van der Waals surface area contributed by atoms with Crippen LogP contribution >= 0.6 is 24.8 Å². The van der Waals surface area contributed by atoms with E-state index in [0.29, 0.717) is 0 Å². The van der Waals surface area contributed by atoms with Crippen LogP contribution in [0.15, 0.2) is 53.5 Å². The number of hydrogen-bond acceptors (Lipinski definition) is 2. The molecule has 0 radical (unpaired) electrons. The van der Waals surface area contributed by atoms with E-state index in [-0.39, 0.29) is 24.8 Å². The molecule has 0 unspecified atom stereocenters. The summed E-state index contributed by atoms with van der Waals surface area (Å²) in [4.78, 5) is 4.55. The Labute approximate surface area is 111 Å². The lowest BCUT2D eigenvalue weighted by Gasteiger charge is -2.00. The molecule has 0 saturated carbocycles. The van der Waals surface area contributed by atoms with Gasteiger partial charge in [0.05, 0.1) is 5.36 Å². The van der Waals surface area contributed by atoms with Gasteiger partial charge in [-0.3, -0.25) is 0 Å². The SMILES string of the molecule is C1=c2ccccc2=Nc2ccccc2O1.Cl.Cl. The molecule has 3 rings (SSSR count). The standard InChI is InChI=1S/C13H9NO.2ClH/c1-2-6-11-10(5-1)9-15-13-8-4-3-7-12(13)14-11;;/h1-9H;2*1H. The van der Waals surface area contributed by atoms with E-state index < -0.39 is 0 Å². The van der Waals surface area contributed by atoms with Crippen molar-refractivity contribution in [2.24, 2.45) is 4.99 Å². The summed E-state index contributed by atoms with van der Waals surface area (Å²) in [6, 6.07) is 15.7. The second-order valence-electron chi connectivity index (χ2n) is 3.37. The van der Waals surface area contributed by atoms with Gasteiger partial charge in [-0.2, -0.15) is 0 Å². The summed E-state index contributed by atoms with van der Waals surface area (Å²) in [6.45, 7) is 0. The van der Waals surface area contributed by atoms with Gasteiger partial charge in [0.2, 0.25) is 0 Å². The molecule has 4 heteroatoms. The van der Waals surface area contributed by atoms with Gasteiger partial charge in [-0.25, -0.2) is 4.99 Å². The zero-order valence-corrected chi connectivity index (χ0v) is 10.5. The number of benzene rings is 2. The van der Waals surface area contributed by atoms with E-state index in [0.717, 1.165) is 22.0 Å². The molecule has 17 heavy (non-hydrogen) atoms. The molecule has 0 amide bonds. The largest absolute Gasteiger partial charge is 0.462 e. The van der Waals surface area contributed by atoms with E-state index in [2.05, 4.69) is 4.99 Å².